The van der Waals surface area contributed by atoms with Crippen molar-refractivity contribution < 1.29 is 9.53 Å². The van der Waals surface area contributed by atoms with Crippen LogP contribution in [0.1, 0.15) is 19.4 Å². The maximum Gasteiger partial charge on any atom is 0.321 e. The van der Waals surface area contributed by atoms with Crippen LogP contribution in [0.25, 0.3) is 0 Å². The highest BCUT2D eigenvalue weighted by molar-refractivity contribution is 5.89. The second-order valence-electron chi connectivity index (χ2n) is 5.95. The van der Waals surface area contributed by atoms with Crippen LogP contribution in [-0.2, 0) is 13.0 Å². The molecular formula is C19H25N3O3. The molecule has 0 radical (unpaired) electrons. The minimum Gasteiger partial charge on any atom is -0.496 e. The number of carbonyl (C=O) groups is 1. The number of para-hydroxylation sites is 1. The fourth-order valence-corrected chi connectivity index (χ4v) is 2.59. The maximum atomic E-state index is 12.5. The Labute approximate surface area is 148 Å². The molecule has 0 aliphatic carbocycles. The van der Waals surface area contributed by atoms with Crippen molar-refractivity contribution in [3.05, 3.63) is 58.5 Å². The van der Waals surface area contributed by atoms with Gasteiger partial charge in [0.05, 0.1) is 12.8 Å². The van der Waals surface area contributed by atoms with Gasteiger partial charge in [0.2, 0.25) is 0 Å². The molecule has 0 aliphatic rings. The zero-order chi connectivity index (χ0) is 18.4. The van der Waals surface area contributed by atoms with Crippen LogP contribution in [0.3, 0.4) is 0 Å². The predicted molar refractivity (Wildman–Crippen MR) is 99.3 cm³/mol. The number of hydrogen-bond acceptors (Lipinski definition) is 3. The number of likely N-dealkylation sites (N-methyl/N-ethyl adjacent to an activating group) is 1. The van der Waals surface area contributed by atoms with Crippen molar-refractivity contribution in [1.82, 2.24) is 9.47 Å². The zero-order valence-electron chi connectivity index (χ0n) is 15.2. The van der Waals surface area contributed by atoms with Crippen LogP contribution < -0.4 is 15.6 Å². The molecule has 1 heterocycles. The standard InChI is InChI=1S/C19H25N3O3/c1-5-22-13-16(10-11-18(22)23)20-19(24)21(3)14(2)12-15-8-6-7-9-17(15)25-4/h6-11,13-14H,5,12H2,1-4H3,(H,20,24)/t14-/m1/s1. The summed E-state index contributed by atoms with van der Waals surface area (Å²) in [6, 6.07) is 10.6. The van der Waals surface area contributed by atoms with Crippen LogP contribution in [0.15, 0.2) is 47.4 Å². The third-order valence-electron chi connectivity index (χ3n) is 4.26. The number of pyridine rings is 1. The molecule has 0 saturated heterocycles. The van der Waals surface area contributed by atoms with Gasteiger partial charge in [-0.3, -0.25) is 4.79 Å². The number of nitrogens with zero attached hydrogens (tertiary/aromatic N) is 2. The van der Waals surface area contributed by atoms with Gasteiger partial charge in [-0.1, -0.05) is 18.2 Å². The smallest absolute Gasteiger partial charge is 0.321 e. The third kappa shape index (κ3) is 4.62. The van der Waals surface area contributed by atoms with Crippen molar-refractivity contribution in [2.75, 3.05) is 19.5 Å². The van der Waals surface area contributed by atoms with Crippen molar-refractivity contribution >= 4 is 11.7 Å². The topological polar surface area (TPSA) is 63.6 Å². The van der Waals surface area contributed by atoms with Gasteiger partial charge in [0.1, 0.15) is 5.75 Å². The average molecular weight is 343 g/mol. The van der Waals surface area contributed by atoms with Gasteiger partial charge >= 0.3 is 6.03 Å². The van der Waals surface area contributed by atoms with E-state index < -0.39 is 0 Å². The van der Waals surface area contributed by atoms with Gasteiger partial charge in [0, 0.05) is 31.9 Å². The number of aryl methyl sites for hydroxylation is 1. The minimum absolute atomic E-state index is 0.0200. The Morgan fingerprint density at radius 2 is 2.00 bits per heavy atom. The number of nitrogens with one attached hydrogen (secondary N) is 1. The summed E-state index contributed by atoms with van der Waals surface area (Å²) in [4.78, 5) is 25.7. The molecular weight excluding hydrogens is 318 g/mol. The van der Waals surface area contributed by atoms with E-state index >= 15 is 0 Å². The lowest BCUT2D eigenvalue weighted by Gasteiger charge is -2.26. The molecule has 0 saturated carbocycles. The molecule has 1 N–H and O–H groups in total. The normalized spacial score (nSPS) is 11.7. The number of methoxy groups -OCH3 is 1. The van der Waals surface area contributed by atoms with Gasteiger partial charge < -0.3 is 19.5 Å². The van der Waals surface area contributed by atoms with E-state index in [1.807, 2.05) is 38.1 Å². The van der Waals surface area contributed by atoms with Gasteiger partial charge in [-0.25, -0.2) is 4.79 Å². The molecule has 1 aromatic heterocycles. The van der Waals surface area contributed by atoms with E-state index in [4.69, 9.17) is 4.74 Å². The number of ether oxygens (including phenoxy) is 1. The fraction of sp³-hybridized carbons (Fsp3) is 0.368. The van der Waals surface area contributed by atoms with Crippen molar-refractivity contribution in [3.63, 3.8) is 0 Å². The monoisotopic (exact) mass is 343 g/mol. The molecule has 0 unspecified atom stereocenters. The first-order valence-electron chi connectivity index (χ1n) is 8.32. The molecule has 2 rings (SSSR count). The molecule has 0 spiro atoms. The van der Waals surface area contributed by atoms with Crippen LogP contribution >= 0.6 is 0 Å². The highest BCUT2D eigenvalue weighted by Crippen LogP contribution is 2.20. The number of carbonyl (C=O) groups excluding carboxylic acids is 1. The largest absolute Gasteiger partial charge is 0.496 e. The number of aromatic nitrogens is 1. The number of rotatable bonds is 6. The second-order valence-corrected chi connectivity index (χ2v) is 5.95. The predicted octanol–water partition coefficient (Wildman–Crippen LogP) is 2.97. The van der Waals surface area contributed by atoms with Crippen LogP contribution in [0.4, 0.5) is 10.5 Å². The Bertz CT molecular complexity index is 785. The number of hydrogen-bond donors (Lipinski definition) is 1. The maximum absolute atomic E-state index is 12.5. The Hall–Kier alpha value is -2.76. The molecule has 25 heavy (non-hydrogen) atoms. The zero-order valence-corrected chi connectivity index (χ0v) is 15.2. The summed E-state index contributed by atoms with van der Waals surface area (Å²) in [5, 5.41) is 2.83. The number of anilines is 1. The average Bonchev–Trinajstić information content (AvgIpc) is 2.62. The third-order valence-corrected chi connectivity index (χ3v) is 4.26. The molecule has 134 valence electrons. The summed E-state index contributed by atoms with van der Waals surface area (Å²) in [6.45, 7) is 4.43. The first-order valence-corrected chi connectivity index (χ1v) is 8.32. The van der Waals surface area contributed by atoms with E-state index in [0.717, 1.165) is 11.3 Å². The van der Waals surface area contributed by atoms with E-state index in [-0.39, 0.29) is 17.6 Å². The van der Waals surface area contributed by atoms with Crippen molar-refractivity contribution in [2.24, 2.45) is 0 Å². The Balaban J connectivity index is 2.05. The lowest BCUT2D eigenvalue weighted by Crippen LogP contribution is -2.39. The molecule has 2 aromatic rings. The fourth-order valence-electron chi connectivity index (χ4n) is 2.59. The number of amides is 2. The molecule has 0 bridgehead atoms. The van der Waals surface area contributed by atoms with Gasteiger partial charge in [-0.05, 0) is 38.0 Å². The molecule has 6 heteroatoms. The summed E-state index contributed by atoms with van der Waals surface area (Å²) in [7, 11) is 3.40. The SMILES string of the molecule is CCn1cc(NC(=O)N(C)[C@H](C)Cc2ccccc2OC)ccc1=O. The van der Waals surface area contributed by atoms with Crippen LogP contribution in [0.5, 0.6) is 5.75 Å². The molecule has 0 fully saturated rings. The second kappa shape index (κ2) is 8.37. The van der Waals surface area contributed by atoms with E-state index in [9.17, 15) is 9.59 Å². The Morgan fingerprint density at radius 1 is 1.28 bits per heavy atom. The van der Waals surface area contributed by atoms with E-state index in [1.54, 1.807) is 35.9 Å². The minimum atomic E-state index is -0.219. The van der Waals surface area contributed by atoms with Gasteiger partial charge in [0.15, 0.2) is 0 Å². The summed E-state index contributed by atoms with van der Waals surface area (Å²) in [5.41, 5.74) is 1.57. The van der Waals surface area contributed by atoms with Crippen molar-refractivity contribution in [1.29, 1.82) is 0 Å². The molecule has 6 nitrogen and oxygen atoms in total. The first-order chi connectivity index (χ1) is 12.0. The quantitative estimate of drug-likeness (QED) is 0.877. The highest BCUT2D eigenvalue weighted by Gasteiger charge is 2.18. The molecule has 2 amide bonds. The van der Waals surface area contributed by atoms with Crippen molar-refractivity contribution in [2.45, 2.75) is 32.9 Å². The lowest BCUT2D eigenvalue weighted by atomic mass is 10.1. The summed E-state index contributed by atoms with van der Waals surface area (Å²) < 4.78 is 6.92. The van der Waals surface area contributed by atoms with Crippen LogP contribution in [0, 0.1) is 0 Å². The Morgan fingerprint density at radius 3 is 2.68 bits per heavy atom. The molecule has 1 atom stereocenters. The number of benzene rings is 1. The highest BCUT2D eigenvalue weighted by atomic mass is 16.5. The van der Waals surface area contributed by atoms with Gasteiger partial charge in [0.25, 0.3) is 5.56 Å². The van der Waals surface area contributed by atoms with Gasteiger partial charge in [-0.2, -0.15) is 0 Å². The molecule has 0 aliphatic heterocycles. The van der Waals surface area contributed by atoms with Crippen LogP contribution in [-0.4, -0.2) is 35.7 Å². The first kappa shape index (κ1) is 18.6. The number of urea groups is 1. The van der Waals surface area contributed by atoms with Crippen LogP contribution in [0.2, 0.25) is 0 Å². The van der Waals surface area contributed by atoms with E-state index in [0.29, 0.717) is 18.7 Å². The lowest BCUT2D eigenvalue weighted by molar-refractivity contribution is 0.207. The van der Waals surface area contributed by atoms with Crippen molar-refractivity contribution in [3.8, 4) is 5.75 Å². The van der Waals surface area contributed by atoms with E-state index in [1.165, 1.54) is 6.07 Å². The molecule has 1 aromatic carbocycles. The van der Waals surface area contributed by atoms with E-state index in [2.05, 4.69) is 5.32 Å². The summed E-state index contributed by atoms with van der Waals surface area (Å²) >= 11 is 0. The van der Waals surface area contributed by atoms with Gasteiger partial charge in [-0.15, -0.1) is 0 Å². The Kier molecular flexibility index (Phi) is 6.22. The summed E-state index contributed by atoms with van der Waals surface area (Å²) in [6.07, 6.45) is 2.33. The summed E-state index contributed by atoms with van der Waals surface area (Å²) in [5.74, 6) is 0.818.